The summed E-state index contributed by atoms with van der Waals surface area (Å²) in [5.41, 5.74) is 1.20. The summed E-state index contributed by atoms with van der Waals surface area (Å²) in [6.07, 6.45) is 2.27. The van der Waals surface area contributed by atoms with Gasteiger partial charge in [-0.05, 0) is 25.8 Å². The van der Waals surface area contributed by atoms with Gasteiger partial charge in [0.1, 0.15) is 21.4 Å². The van der Waals surface area contributed by atoms with E-state index in [1.807, 2.05) is 6.92 Å². The number of carbonyl (C=O) groups excluding carboxylic acids is 1. The lowest BCUT2D eigenvalue weighted by Gasteiger charge is -2.11. The molecule has 1 atom stereocenters. The number of ether oxygens (including phenoxy) is 1. The molecule has 0 amide bonds. The molecule has 102 valence electrons. The number of thiophene rings is 1. The van der Waals surface area contributed by atoms with Crippen molar-refractivity contribution in [2.45, 2.75) is 37.5 Å². The smallest absolute Gasteiger partial charge is 0.319 e. The van der Waals surface area contributed by atoms with Crippen LogP contribution in [0.5, 0.6) is 0 Å². The second-order valence-corrected chi connectivity index (χ2v) is 6.57. The van der Waals surface area contributed by atoms with Crippen molar-refractivity contribution < 1.29 is 9.53 Å². The summed E-state index contributed by atoms with van der Waals surface area (Å²) in [6.45, 7) is 6.12. The number of thioether (sulfide) groups is 1. The lowest BCUT2D eigenvalue weighted by molar-refractivity contribution is -0.140. The molecule has 2 heterocycles. The van der Waals surface area contributed by atoms with Crippen LogP contribution in [0.4, 0.5) is 0 Å². The Balaban J connectivity index is 2.42. The van der Waals surface area contributed by atoms with E-state index in [2.05, 4.69) is 23.8 Å². The van der Waals surface area contributed by atoms with Crippen molar-refractivity contribution in [1.82, 2.24) is 9.97 Å². The maximum absolute atomic E-state index is 11.7. The van der Waals surface area contributed by atoms with Crippen LogP contribution in [0.2, 0.25) is 0 Å². The average molecular weight is 296 g/mol. The number of fused-ring (bicyclic) bond motifs is 1. The average Bonchev–Trinajstić information content (AvgIpc) is 2.71. The summed E-state index contributed by atoms with van der Waals surface area (Å²) in [5, 5.41) is 1.71. The molecule has 0 aliphatic rings. The summed E-state index contributed by atoms with van der Waals surface area (Å²) in [7, 11) is 1.42. The summed E-state index contributed by atoms with van der Waals surface area (Å²) in [5.74, 6) is -0.205. The Morgan fingerprint density at radius 3 is 2.84 bits per heavy atom. The van der Waals surface area contributed by atoms with Crippen LogP contribution in [0.1, 0.15) is 23.8 Å². The zero-order chi connectivity index (χ0) is 14.0. The molecule has 2 rings (SSSR count). The molecule has 4 nitrogen and oxygen atoms in total. The molecule has 19 heavy (non-hydrogen) atoms. The maximum Gasteiger partial charge on any atom is 0.319 e. The molecule has 0 N–H and O–H groups in total. The second-order valence-electron chi connectivity index (χ2n) is 4.18. The van der Waals surface area contributed by atoms with E-state index in [4.69, 9.17) is 4.74 Å². The third-order valence-electron chi connectivity index (χ3n) is 3.02. The van der Waals surface area contributed by atoms with Gasteiger partial charge in [0.05, 0.1) is 7.11 Å². The Kier molecular flexibility index (Phi) is 4.42. The molecule has 0 aromatic carbocycles. The quantitative estimate of drug-likeness (QED) is 0.492. The Bertz CT molecular complexity index is 610. The number of hydrogen-bond donors (Lipinski definition) is 0. The van der Waals surface area contributed by atoms with Crippen LogP contribution in [0.25, 0.3) is 10.2 Å². The van der Waals surface area contributed by atoms with Gasteiger partial charge in [0, 0.05) is 10.3 Å². The number of nitrogens with zero attached hydrogens (tertiary/aromatic N) is 2. The predicted octanol–water partition coefficient (Wildman–Crippen LogP) is 3.35. The first-order valence-corrected chi connectivity index (χ1v) is 7.73. The molecule has 2 aromatic rings. The third-order valence-corrected chi connectivity index (χ3v) is 5.48. The van der Waals surface area contributed by atoms with Crippen molar-refractivity contribution >= 4 is 39.3 Å². The number of rotatable bonds is 4. The zero-order valence-electron chi connectivity index (χ0n) is 11.4. The summed E-state index contributed by atoms with van der Waals surface area (Å²) < 4.78 is 4.82. The van der Waals surface area contributed by atoms with Gasteiger partial charge < -0.3 is 4.74 Å². The molecule has 0 saturated carbocycles. The van der Waals surface area contributed by atoms with Crippen molar-refractivity contribution in [2.75, 3.05) is 7.11 Å². The van der Waals surface area contributed by atoms with Gasteiger partial charge in [-0.15, -0.1) is 11.3 Å². The van der Waals surface area contributed by atoms with E-state index in [0.29, 0.717) is 6.42 Å². The Morgan fingerprint density at radius 1 is 1.47 bits per heavy atom. The van der Waals surface area contributed by atoms with Crippen LogP contribution in [-0.2, 0) is 9.53 Å². The minimum atomic E-state index is -0.220. The highest BCUT2D eigenvalue weighted by Gasteiger charge is 2.22. The van der Waals surface area contributed by atoms with Gasteiger partial charge in [0.2, 0.25) is 0 Å². The van der Waals surface area contributed by atoms with Crippen LogP contribution in [0.3, 0.4) is 0 Å². The van der Waals surface area contributed by atoms with E-state index < -0.39 is 0 Å². The fourth-order valence-electron chi connectivity index (χ4n) is 1.80. The second kappa shape index (κ2) is 5.88. The molecular weight excluding hydrogens is 280 g/mol. The van der Waals surface area contributed by atoms with Gasteiger partial charge in [0.15, 0.2) is 0 Å². The van der Waals surface area contributed by atoms with Gasteiger partial charge in [0.25, 0.3) is 0 Å². The number of methoxy groups -OCH3 is 1. The molecular formula is C13H16N2O2S2. The van der Waals surface area contributed by atoms with E-state index in [1.165, 1.54) is 29.3 Å². The molecule has 0 aliphatic heterocycles. The van der Waals surface area contributed by atoms with Crippen LogP contribution >= 0.6 is 23.1 Å². The van der Waals surface area contributed by atoms with E-state index >= 15 is 0 Å². The van der Waals surface area contributed by atoms with Gasteiger partial charge in [-0.25, -0.2) is 9.97 Å². The van der Waals surface area contributed by atoms with E-state index in [-0.39, 0.29) is 11.2 Å². The third kappa shape index (κ3) is 2.74. The van der Waals surface area contributed by atoms with Crippen LogP contribution in [0.15, 0.2) is 11.4 Å². The lowest BCUT2D eigenvalue weighted by Crippen LogP contribution is -2.17. The zero-order valence-corrected chi connectivity index (χ0v) is 13.0. The van der Waals surface area contributed by atoms with Crippen LogP contribution < -0.4 is 0 Å². The lowest BCUT2D eigenvalue weighted by atomic mass is 10.2. The monoisotopic (exact) mass is 296 g/mol. The molecule has 2 aromatic heterocycles. The molecule has 0 aliphatic carbocycles. The Morgan fingerprint density at radius 2 is 2.21 bits per heavy atom. The Labute approximate surface area is 120 Å². The molecule has 0 spiro atoms. The van der Waals surface area contributed by atoms with Crippen LogP contribution in [-0.4, -0.2) is 28.3 Å². The fourth-order valence-corrected chi connectivity index (χ4v) is 3.97. The molecule has 0 bridgehead atoms. The van der Waals surface area contributed by atoms with Crippen molar-refractivity contribution in [3.63, 3.8) is 0 Å². The fraction of sp³-hybridized carbons (Fsp3) is 0.462. The number of hydrogen-bond acceptors (Lipinski definition) is 6. The number of esters is 1. The SMILES string of the molecule is CC[C@H](Sc1ncnc2sc(C)c(C)c12)C(=O)OC. The largest absolute Gasteiger partial charge is 0.468 e. The number of aryl methyl sites for hydroxylation is 2. The predicted molar refractivity (Wildman–Crippen MR) is 78.8 cm³/mol. The van der Waals surface area contributed by atoms with E-state index in [0.717, 1.165) is 15.2 Å². The highest BCUT2D eigenvalue weighted by atomic mass is 32.2. The first-order valence-electron chi connectivity index (χ1n) is 6.03. The van der Waals surface area contributed by atoms with Gasteiger partial charge in [-0.1, -0.05) is 18.7 Å². The van der Waals surface area contributed by atoms with E-state index in [9.17, 15) is 4.79 Å². The van der Waals surface area contributed by atoms with Crippen molar-refractivity contribution in [3.8, 4) is 0 Å². The van der Waals surface area contributed by atoms with Crippen molar-refractivity contribution in [3.05, 3.63) is 16.8 Å². The van der Waals surface area contributed by atoms with E-state index in [1.54, 1.807) is 17.7 Å². The molecule has 0 unspecified atom stereocenters. The highest BCUT2D eigenvalue weighted by Crippen LogP contribution is 2.36. The summed E-state index contributed by atoms with van der Waals surface area (Å²) in [4.78, 5) is 22.5. The molecule has 0 saturated heterocycles. The number of carbonyl (C=O) groups is 1. The topological polar surface area (TPSA) is 52.1 Å². The van der Waals surface area contributed by atoms with Crippen LogP contribution in [0, 0.1) is 13.8 Å². The first-order chi connectivity index (χ1) is 9.08. The number of aromatic nitrogens is 2. The summed E-state index contributed by atoms with van der Waals surface area (Å²) in [6, 6.07) is 0. The molecule has 0 fully saturated rings. The standard InChI is InChI=1S/C13H16N2O2S2/c1-5-9(13(16)17-4)19-12-10-7(2)8(3)18-11(10)14-6-15-12/h6,9H,5H2,1-4H3/t9-/m0/s1. The normalized spacial score (nSPS) is 12.6. The Hall–Kier alpha value is -1.14. The van der Waals surface area contributed by atoms with Gasteiger partial charge >= 0.3 is 5.97 Å². The van der Waals surface area contributed by atoms with Crippen molar-refractivity contribution in [2.24, 2.45) is 0 Å². The molecule has 6 heteroatoms. The minimum Gasteiger partial charge on any atom is -0.468 e. The first kappa shape index (κ1) is 14.3. The highest BCUT2D eigenvalue weighted by molar-refractivity contribution is 8.00. The minimum absolute atomic E-state index is 0.205. The maximum atomic E-state index is 11.7. The molecule has 0 radical (unpaired) electrons. The summed E-state index contributed by atoms with van der Waals surface area (Å²) >= 11 is 3.12. The van der Waals surface area contributed by atoms with Crippen molar-refractivity contribution in [1.29, 1.82) is 0 Å². The van der Waals surface area contributed by atoms with Gasteiger partial charge in [-0.3, -0.25) is 4.79 Å². The van der Waals surface area contributed by atoms with Gasteiger partial charge in [-0.2, -0.15) is 0 Å².